The van der Waals surface area contributed by atoms with Crippen molar-refractivity contribution in [2.45, 2.75) is 109 Å². The van der Waals surface area contributed by atoms with Crippen LogP contribution in [0, 0.1) is 0 Å². The number of carbonyl (C=O) groups is 4. The first kappa shape index (κ1) is 36.6. The lowest BCUT2D eigenvalue weighted by Crippen LogP contribution is -2.60. The molecule has 1 unspecified atom stereocenters. The molecule has 2 fully saturated rings. The molecule has 0 spiro atoms. The predicted octanol–water partition coefficient (Wildman–Crippen LogP) is 3.24. The van der Waals surface area contributed by atoms with Crippen LogP contribution in [0.4, 0.5) is 20.2 Å². The number of alkyl carbamates (subject to hydrolysis) is 1. The molecule has 15 nitrogen and oxygen atoms in total. The lowest BCUT2D eigenvalue weighted by molar-refractivity contribution is -0.138. The molecule has 2 aromatic rings. The average molecular weight is 695 g/mol. The van der Waals surface area contributed by atoms with Gasteiger partial charge in [0, 0.05) is 50.5 Å². The zero-order chi connectivity index (χ0) is 36.2. The van der Waals surface area contributed by atoms with E-state index in [0.717, 1.165) is 44.9 Å². The summed E-state index contributed by atoms with van der Waals surface area (Å²) in [5.41, 5.74) is 0.748. The maximum Gasteiger partial charge on any atom is 0.408 e. The maximum atomic E-state index is 13.1. The van der Waals surface area contributed by atoms with Gasteiger partial charge in [-0.15, -0.1) is 0 Å². The summed E-state index contributed by atoms with van der Waals surface area (Å²) in [4.78, 5) is 69.6. The van der Waals surface area contributed by atoms with Gasteiger partial charge in [0.2, 0.25) is 5.91 Å². The first-order chi connectivity index (χ1) is 23.6. The van der Waals surface area contributed by atoms with E-state index in [4.69, 9.17) is 9.84 Å². The summed E-state index contributed by atoms with van der Waals surface area (Å²) >= 11 is 0. The second-order valence-corrected chi connectivity index (χ2v) is 15.0. The van der Waals surface area contributed by atoms with Crippen LogP contribution in [0.2, 0.25) is 0 Å². The first-order valence-corrected chi connectivity index (χ1v) is 17.4. The van der Waals surface area contributed by atoms with Gasteiger partial charge in [-0.1, -0.05) is 6.07 Å². The number of benzene rings is 1. The van der Waals surface area contributed by atoms with E-state index in [0.29, 0.717) is 17.8 Å². The average Bonchev–Trinajstić information content (AvgIpc) is 3.04. The molecule has 5 amide bonds. The molecule has 3 aliphatic rings. The number of piperazine rings is 1. The fraction of sp³-hybridized carbons (Fsp3) is 0.600. The largest absolute Gasteiger partial charge is 0.465 e. The van der Waals surface area contributed by atoms with Crippen LogP contribution < -0.4 is 27.0 Å². The first-order valence-electron chi connectivity index (χ1n) is 17.4. The standard InChI is InChI=1S/C35H50N8O7/c1-34(2,3)50-33(49)40-35(4,5)29(44)41-16-18-42(19-17-41)30(45)38-28-14-15-43(31(46)39-28)27-13-7-22-20-26(8-6-23(22)21-27)36-24-9-11-25(12-10-24)37-32(47)48/h7,13-15,21,24-26,36-37H,6,8-12,16-20H2,1-5H3,(H,40,49)(H,47,48)(H,38,39,45,46)/t24-,25-,26?. The normalized spacial score (nSPS) is 21.1. The van der Waals surface area contributed by atoms with Crippen LogP contribution in [0.1, 0.15) is 77.8 Å². The highest BCUT2D eigenvalue weighted by Gasteiger charge is 2.37. The number of nitrogens with one attached hydrogen (secondary N) is 4. The second-order valence-electron chi connectivity index (χ2n) is 15.0. The van der Waals surface area contributed by atoms with Gasteiger partial charge >= 0.3 is 23.9 Å². The molecule has 1 aliphatic heterocycles. The molecule has 2 aliphatic carbocycles. The highest BCUT2D eigenvalue weighted by molar-refractivity contribution is 5.90. The Balaban J connectivity index is 1.10. The molecule has 1 saturated carbocycles. The summed E-state index contributed by atoms with van der Waals surface area (Å²) < 4.78 is 6.75. The van der Waals surface area contributed by atoms with Crippen molar-refractivity contribution < 1.29 is 29.0 Å². The maximum absolute atomic E-state index is 13.1. The van der Waals surface area contributed by atoms with E-state index >= 15 is 0 Å². The number of carboxylic acid groups (broad SMARTS) is 1. The number of hydrogen-bond donors (Lipinski definition) is 5. The summed E-state index contributed by atoms with van der Waals surface area (Å²) in [6.45, 7) is 9.57. The fourth-order valence-corrected chi connectivity index (χ4v) is 6.92. The Morgan fingerprint density at radius 2 is 1.52 bits per heavy atom. The van der Waals surface area contributed by atoms with Crippen LogP contribution >= 0.6 is 0 Å². The summed E-state index contributed by atoms with van der Waals surface area (Å²) in [5, 5.41) is 20.7. The Morgan fingerprint density at radius 1 is 0.860 bits per heavy atom. The van der Waals surface area contributed by atoms with E-state index in [9.17, 15) is 24.0 Å². The smallest absolute Gasteiger partial charge is 0.408 e. The molecule has 0 bridgehead atoms. The number of amides is 5. The zero-order valence-electron chi connectivity index (χ0n) is 29.6. The topological polar surface area (TPSA) is 187 Å². The van der Waals surface area contributed by atoms with Crippen molar-refractivity contribution in [3.8, 4) is 5.69 Å². The fourth-order valence-electron chi connectivity index (χ4n) is 6.92. The highest BCUT2D eigenvalue weighted by Crippen LogP contribution is 2.26. The Kier molecular flexibility index (Phi) is 11.0. The molecule has 1 aromatic carbocycles. The van der Waals surface area contributed by atoms with Crippen LogP contribution in [-0.4, -0.2) is 104 Å². The molecule has 2 heterocycles. The predicted molar refractivity (Wildman–Crippen MR) is 187 cm³/mol. The summed E-state index contributed by atoms with van der Waals surface area (Å²) in [6, 6.07) is 7.95. The third-order valence-corrected chi connectivity index (χ3v) is 9.46. The van der Waals surface area contributed by atoms with E-state index < -0.39 is 35.0 Å². The van der Waals surface area contributed by atoms with Crippen molar-refractivity contribution in [3.63, 3.8) is 0 Å². The number of fused-ring (bicyclic) bond motifs is 1. The van der Waals surface area contributed by atoms with Gasteiger partial charge in [-0.2, -0.15) is 4.98 Å². The minimum Gasteiger partial charge on any atom is -0.465 e. The van der Waals surface area contributed by atoms with E-state index in [1.165, 1.54) is 15.7 Å². The third kappa shape index (κ3) is 9.52. The molecule has 50 heavy (non-hydrogen) atoms. The number of carbonyl (C=O) groups excluding carboxylic acids is 3. The highest BCUT2D eigenvalue weighted by atomic mass is 16.6. The number of ether oxygens (including phenoxy) is 1. The van der Waals surface area contributed by atoms with Gasteiger partial charge in [-0.3, -0.25) is 14.7 Å². The summed E-state index contributed by atoms with van der Waals surface area (Å²) in [7, 11) is 0. The van der Waals surface area contributed by atoms with Crippen LogP contribution in [0.25, 0.3) is 5.69 Å². The van der Waals surface area contributed by atoms with Crippen LogP contribution in [0.15, 0.2) is 35.3 Å². The summed E-state index contributed by atoms with van der Waals surface area (Å²) in [5.74, 6) is -0.143. The van der Waals surface area contributed by atoms with Gasteiger partial charge < -0.3 is 35.6 Å². The molecule has 5 N–H and O–H groups in total. The molecule has 15 heteroatoms. The Bertz CT molecular complexity index is 1640. The molecule has 272 valence electrons. The number of rotatable bonds is 7. The zero-order valence-corrected chi connectivity index (χ0v) is 29.6. The number of hydrogen-bond acceptors (Lipinski definition) is 8. The van der Waals surface area contributed by atoms with Gasteiger partial charge in [-0.25, -0.2) is 19.2 Å². The Morgan fingerprint density at radius 3 is 2.16 bits per heavy atom. The second kappa shape index (κ2) is 15.1. The van der Waals surface area contributed by atoms with Crippen LogP contribution in [0.5, 0.6) is 0 Å². The van der Waals surface area contributed by atoms with Crippen LogP contribution in [0.3, 0.4) is 0 Å². The van der Waals surface area contributed by atoms with Crippen molar-refractivity contribution in [2.24, 2.45) is 0 Å². The van der Waals surface area contributed by atoms with E-state index in [2.05, 4.69) is 32.3 Å². The number of aromatic nitrogens is 2. The summed E-state index contributed by atoms with van der Waals surface area (Å²) in [6.07, 6.45) is 6.31. The molecule has 1 aromatic heterocycles. The molecule has 1 saturated heterocycles. The molecular formula is C35H50N8O7. The van der Waals surface area contributed by atoms with E-state index in [1.54, 1.807) is 56.7 Å². The van der Waals surface area contributed by atoms with Crippen molar-refractivity contribution in [1.82, 2.24) is 35.3 Å². The van der Waals surface area contributed by atoms with E-state index in [-0.39, 0.29) is 43.9 Å². The molecule has 0 radical (unpaired) electrons. The van der Waals surface area contributed by atoms with E-state index in [1.807, 2.05) is 12.1 Å². The minimum absolute atomic E-state index is 0.0372. The van der Waals surface area contributed by atoms with Crippen molar-refractivity contribution in [2.75, 3.05) is 31.5 Å². The number of aryl methyl sites for hydroxylation is 1. The van der Waals surface area contributed by atoms with Crippen molar-refractivity contribution in [3.05, 3.63) is 52.1 Å². The SMILES string of the molecule is CC(C)(C)OC(=O)NC(C)(C)C(=O)N1CCN(C(=O)Nc2ccn(-c3ccc4c(c3)CCC(N[C@H]3CC[C@H](NC(=O)O)CC3)C4)c(=O)n2)CC1. The Hall–Kier alpha value is -4.66. The Labute approximate surface area is 292 Å². The quantitative estimate of drug-likeness (QED) is 0.290. The minimum atomic E-state index is -1.19. The van der Waals surface area contributed by atoms with Gasteiger partial charge in [0.25, 0.3) is 0 Å². The molecule has 1 atom stereocenters. The van der Waals surface area contributed by atoms with Gasteiger partial charge in [0.1, 0.15) is 17.0 Å². The third-order valence-electron chi connectivity index (χ3n) is 9.46. The van der Waals surface area contributed by atoms with Crippen molar-refractivity contribution in [1.29, 1.82) is 0 Å². The van der Waals surface area contributed by atoms with Crippen molar-refractivity contribution >= 4 is 29.9 Å². The van der Waals surface area contributed by atoms with Crippen LogP contribution in [-0.2, 0) is 22.4 Å². The lowest BCUT2D eigenvalue weighted by Gasteiger charge is -2.38. The number of nitrogens with zero attached hydrogens (tertiary/aromatic N) is 4. The molecule has 5 rings (SSSR count). The number of urea groups is 1. The van der Waals surface area contributed by atoms with Gasteiger partial charge in [0.15, 0.2) is 0 Å². The van der Waals surface area contributed by atoms with Gasteiger partial charge in [-0.05, 0) is 109 Å². The lowest BCUT2D eigenvalue weighted by atomic mass is 9.85. The monoisotopic (exact) mass is 694 g/mol. The number of anilines is 1. The molecular weight excluding hydrogens is 644 g/mol. The van der Waals surface area contributed by atoms with Gasteiger partial charge in [0.05, 0.1) is 5.69 Å².